The molecule has 70 valence electrons. The summed E-state index contributed by atoms with van der Waals surface area (Å²) >= 11 is 0. The Morgan fingerprint density at radius 2 is 2.62 bits per heavy atom. The number of likely N-dealkylation sites (tertiary alicyclic amines) is 1. The smallest absolute Gasteiger partial charge is 0.171 e. The molecule has 1 aliphatic rings. The second kappa shape index (κ2) is 3.30. The van der Waals surface area contributed by atoms with Crippen molar-refractivity contribution in [2.45, 2.75) is 12.3 Å². The van der Waals surface area contributed by atoms with Gasteiger partial charge in [0.2, 0.25) is 0 Å². The van der Waals surface area contributed by atoms with Gasteiger partial charge in [-0.2, -0.15) is 0 Å². The largest absolute Gasteiger partial charge is 0.360 e. The number of rotatable bonds is 2. The van der Waals surface area contributed by atoms with Gasteiger partial charge in [0, 0.05) is 18.5 Å². The molecule has 1 aromatic rings. The molecule has 0 amide bonds. The molecule has 1 aliphatic heterocycles. The van der Waals surface area contributed by atoms with Gasteiger partial charge in [-0.1, -0.05) is 5.16 Å². The minimum atomic E-state index is 0.393. The van der Waals surface area contributed by atoms with Crippen molar-refractivity contribution >= 4 is 6.29 Å². The Morgan fingerprint density at radius 1 is 1.77 bits per heavy atom. The highest BCUT2D eigenvalue weighted by atomic mass is 16.5. The third-order valence-electron chi connectivity index (χ3n) is 2.46. The van der Waals surface area contributed by atoms with Gasteiger partial charge in [-0.3, -0.25) is 4.79 Å². The molecule has 1 fully saturated rings. The van der Waals surface area contributed by atoms with E-state index in [1.165, 1.54) is 0 Å². The molecule has 0 aliphatic carbocycles. The molecule has 1 aromatic heterocycles. The summed E-state index contributed by atoms with van der Waals surface area (Å²) in [6.07, 6.45) is 1.80. The van der Waals surface area contributed by atoms with Crippen LogP contribution in [-0.4, -0.2) is 36.5 Å². The molecule has 2 rings (SSSR count). The zero-order chi connectivity index (χ0) is 9.26. The average molecular weight is 180 g/mol. The fraction of sp³-hybridized carbons (Fsp3) is 0.556. The van der Waals surface area contributed by atoms with Gasteiger partial charge >= 0.3 is 0 Å². The fourth-order valence-corrected chi connectivity index (χ4v) is 1.72. The van der Waals surface area contributed by atoms with Gasteiger partial charge in [-0.15, -0.1) is 0 Å². The van der Waals surface area contributed by atoms with Gasteiger partial charge in [0.05, 0.1) is 0 Å². The lowest BCUT2D eigenvalue weighted by molar-refractivity contribution is 0.111. The third-order valence-corrected chi connectivity index (χ3v) is 2.46. The summed E-state index contributed by atoms with van der Waals surface area (Å²) in [5, 5.41) is 3.64. The van der Waals surface area contributed by atoms with Crippen LogP contribution in [0, 0.1) is 0 Å². The number of hydrogen-bond donors (Lipinski definition) is 0. The Bertz CT molecular complexity index is 308. The van der Waals surface area contributed by atoms with Crippen LogP contribution in [0.3, 0.4) is 0 Å². The van der Waals surface area contributed by atoms with Crippen molar-refractivity contribution in [3.8, 4) is 0 Å². The normalized spacial score (nSPS) is 23.6. The Kier molecular flexibility index (Phi) is 2.14. The first kappa shape index (κ1) is 8.44. The minimum Gasteiger partial charge on any atom is -0.360 e. The van der Waals surface area contributed by atoms with E-state index in [0.29, 0.717) is 17.9 Å². The van der Waals surface area contributed by atoms with Crippen molar-refractivity contribution in [3.63, 3.8) is 0 Å². The summed E-state index contributed by atoms with van der Waals surface area (Å²) < 4.78 is 5.08. The predicted octanol–water partition coefficient (Wildman–Crippen LogP) is 0.906. The minimum absolute atomic E-state index is 0.393. The Labute approximate surface area is 76.5 Å². The molecule has 1 unspecified atom stereocenters. The van der Waals surface area contributed by atoms with Crippen molar-refractivity contribution in [2.75, 3.05) is 20.1 Å². The predicted molar refractivity (Wildman–Crippen MR) is 46.7 cm³/mol. The van der Waals surface area contributed by atoms with E-state index in [4.69, 9.17) is 4.52 Å². The Balaban J connectivity index is 2.12. The van der Waals surface area contributed by atoms with E-state index in [1.54, 1.807) is 6.07 Å². The number of aldehydes is 1. The van der Waals surface area contributed by atoms with E-state index >= 15 is 0 Å². The van der Waals surface area contributed by atoms with Gasteiger partial charge < -0.3 is 9.42 Å². The number of carbonyl (C=O) groups is 1. The van der Waals surface area contributed by atoms with Crippen LogP contribution >= 0.6 is 0 Å². The lowest BCUT2D eigenvalue weighted by Gasteiger charge is -2.05. The van der Waals surface area contributed by atoms with Gasteiger partial charge in [0.1, 0.15) is 11.5 Å². The molecule has 0 aromatic carbocycles. The molecule has 0 bridgehead atoms. The molecule has 4 heteroatoms. The summed E-state index contributed by atoms with van der Waals surface area (Å²) in [7, 11) is 2.08. The van der Waals surface area contributed by atoms with Crippen LogP contribution in [-0.2, 0) is 0 Å². The second-order valence-corrected chi connectivity index (χ2v) is 3.52. The molecule has 0 saturated carbocycles. The maximum atomic E-state index is 10.4. The van der Waals surface area contributed by atoms with E-state index in [1.807, 2.05) is 0 Å². The molecule has 0 radical (unpaired) electrons. The number of carbonyl (C=O) groups excluding carboxylic acids is 1. The van der Waals surface area contributed by atoms with Crippen LogP contribution in [0.4, 0.5) is 0 Å². The van der Waals surface area contributed by atoms with Crippen molar-refractivity contribution in [1.82, 2.24) is 10.1 Å². The van der Waals surface area contributed by atoms with E-state index in [-0.39, 0.29) is 0 Å². The highest BCUT2D eigenvalue weighted by Crippen LogP contribution is 2.26. The second-order valence-electron chi connectivity index (χ2n) is 3.52. The topological polar surface area (TPSA) is 46.3 Å². The van der Waals surface area contributed by atoms with Crippen LogP contribution in [0.15, 0.2) is 10.6 Å². The quantitative estimate of drug-likeness (QED) is 0.634. The number of nitrogens with zero attached hydrogens (tertiary/aromatic N) is 2. The Morgan fingerprint density at radius 3 is 3.15 bits per heavy atom. The summed E-state index contributed by atoms with van der Waals surface area (Å²) in [4.78, 5) is 12.6. The first-order chi connectivity index (χ1) is 6.29. The monoisotopic (exact) mass is 180 g/mol. The lowest BCUT2D eigenvalue weighted by Crippen LogP contribution is -2.13. The summed E-state index contributed by atoms with van der Waals surface area (Å²) in [6.45, 7) is 2.08. The van der Waals surface area contributed by atoms with Gasteiger partial charge in [0.15, 0.2) is 6.29 Å². The highest BCUT2D eigenvalue weighted by Gasteiger charge is 2.24. The molecule has 2 heterocycles. The molecule has 1 saturated heterocycles. The fourth-order valence-electron chi connectivity index (χ4n) is 1.72. The van der Waals surface area contributed by atoms with Crippen LogP contribution in [0.2, 0.25) is 0 Å². The zero-order valence-corrected chi connectivity index (χ0v) is 7.56. The molecular weight excluding hydrogens is 168 g/mol. The first-order valence-electron chi connectivity index (χ1n) is 4.40. The maximum Gasteiger partial charge on any atom is 0.171 e. The third kappa shape index (κ3) is 1.62. The number of hydrogen-bond acceptors (Lipinski definition) is 4. The summed E-state index contributed by atoms with van der Waals surface area (Å²) in [6, 6.07) is 1.73. The van der Waals surface area contributed by atoms with Crippen molar-refractivity contribution in [1.29, 1.82) is 0 Å². The van der Waals surface area contributed by atoms with E-state index < -0.39 is 0 Å². The molecule has 0 N–H and O–H groups in total. The van der Waals surface area contributed by atoms with E-state index in [2.05, 4.69) is 17.1 Å². The van der Waals surface area contributed by atoms with Gasteiger partial charge in [-0.25, -0.2) is 0 Å². The number of likely N-dealkylation sites (N-methyl/N-ethyl adjacent to an activating group) is 1. The van der Waals surface area contributed by atoms with Crippen molar-refractivity contribution in [2.24, 2.45) is 0 Å². The Hall–Kier alpha value is -1.16. The highest BCUT2D eigenvalue weighted by molar-refractivity contribution is 5.71. The molecule has 13 heavy (non-hydrogen) atoms. The van der Waals surface area contributed by atoms with Gasteiger partial charge in [0.25, 0.3) is 0 Å². The molecule has 4 nitrogen and oxygen atoms in total. The van der Waals surface area contributed by atoms with Crippen molar-refractivity contribution < 1.29 is 9.32 Å². The molecule has 1 atom stereocenters. The molecular formula is C9H12N2O2. The van der Waals surface area contributed by atoms with Crippen LogP contribution in [0.1, 0.15) is 28.6 Å². The maximum absolute atomic E-state index is 10.4. The van der Waals surface area contributed by atoms with Crippen LogP contribution in [0.25, 0.3) is 0 Å². The molecule has 0 spiro atoms. The zero-order valence-electron chi connectivity index (χ0n) is 7.56. The summed E-state index contributed by atoms with van der Waals surface area (Å²) in [5.74, 6) is 1.25. The van der Waals surface area contributed by atoms with Gasteiger partial charge in [-0.05, 0) is 20.0 Å². The van der Waals surface area contributed by atoms with E-state index in [0.717, 1.165) is 25.3 Å². The first-order valence-corrected chi connectivity index (χ1v) is 4.40. The number of aromatic nitrogens is 1. The van der Waals surface area contributed by atoms with E-state index in [9.17, 15) is 4.79 Å². The SMILES string of the molecule is CN1CCC(c2cc(C=O)no2)C1. The van der Waals surface area contributed by atoms with Crippen LogP contribution in [0.5, 0.6) is 0 Å². The average Bonchev–Trinajstić information content (AvgIpc) is 2.71. The standard InChI is InChI=1S/C9H12N2O2/c1-11-3-2-7(5-11)9-4-8(6-12)10-13-9/h4,6-7H,2-3,5H2,1H3. The lowest BCUT2D eigenvalue weighted by atomic mass is 10.1. The van der Waals surface area contributed by atoms with Crippen LogP contribution < -0.4 is 0 Å². The summed E-state index contributed by atoms with van der Waals surface area (Å²) in [5.41, 5.74) is 0.393. The van der Waals surface area contributed by atoms with Crippen molar-refractivity contribution in [3.05, 3.63) is 17.5 Å².